The first-order valence-corrected chi connectivity index (χ1v) is 4.99. The largest absolute Gasteiger partial charge is 0.401 e. The lowest BCUT2D eigenvalue weighted by Gasteiger charge is -2.34. The molecule has 0 aromatic heterocycles. The van der Waals surface area contributed by atoms with Crippen molar-refractivity contribution in [2.75, 3.05) is 19.7 Å². The summed E-state index contributed by atoms with van der Waals surface area (Å²) in [7, 11) is 0. The molecular formula is C10H20F3NO. The number of aliphatic hydroxyl groups excluding tert-OH is 1. The standard InChI is InChI=1S/C10H20F3NO/c1-8(2)14(6-10(11,12)13)5-9(3,4)7-15/h8,15H,5-7H2,1-4H3. The molecular weight excluding hydrogens is 207 g/mol. The van der Waals surface area contributed by atoms with Gasteiger partial charge in [0.15, 0.2) is 0 Å². The van der Waals surface area contributed by atoms with Crippen LogP contribution >= 0.6 is 0 Å². The van der Waals surface area contributed by atoms with E-state index in [1.165, 1.54) is 4.90 Å². The Balaban J connectivity index is 4.42. The van der Waals surface area contributed by atoms with Crippen LogP contribution in [0.5, 0.6) is 0 Å². The maximum absolute atomic E-state index is 12.2. The zero-order chi connectivity index (χ0) is 12.3. The van der Waals surface area contributed by atoms with Crippen LogP contribution in [-0.2, 0) is 0 Å². The van der Waals surface area contributed by atoms with Crippen LogP contribution in [0.25, 0.3) is 0 Å². The predicted octanol–water partition coefficient (Wildman–Crippen LogP) is 2.28. The first-order chi connectivity index (χ1) is 6.57. The summed E-state index contributed by atoms with van der Waals surface area (Å²) in [4.78, 5) is 1.33. The Morgan fingerprint density at radius 1 is 1.13 bits per heavy atom. The van der Waals surface area contributed by atoms with E-state index < -0.39 is 18.1 Å². The molecule has 0 bridgehead atoms. The zero-order valence-corrected chi connectivity index (χ0v) is 9.73. The summed E-state index contributed by atoms with van der Waals surface area (Å²) in [5.41, 5.74) is -0.504. The van der Waals surface area contributed by atoms with Crippen LogP contribution in [0.3, 0.4) is 0 Å². The number of rotatable bonds is 5. The van der Waals surface area contributed by atoms with Gasteiger partial charge in [-0.05, 0) is 13.8 Å². The summed E-state index contributed by atoms with van der Waals surface area (Å²) >= 11 is 0. The Kier molecular flexibility index (Phi) is 5.06. The van der Waals surface area contributed by atoms with E-state index in [0.717, 1.165) is 0 Å². The summed E-state index contributed by atoms with van der Waals surface area (Å²) < 4.78 is 36.7. The second kappa shape index (κ2) is 5.16. The molecule has 0 aromatic carbocycles. The Morgan fingerprint density at radius 3 is 1.87 bits per heavy atom. The van der Waals surface area contributed by atoms with Crippen LogP contribution in [-0.4, -0.2) is 41.9 Å². The van der Waals surface area contributed by atoms with Gasteiger partial charge in [-0.1, -0.05) is 13.8 Å². The number of aliphatic hydroxyl groups is 1. The summed E-state index contributed by atoms with van der Waals surface area (Å²) in [5.74, 6) is 0. The first-order valence-electron chi connectivity index (χ1n) is 4.99. The van der Waals surface area contributed by atoms with Crippen molar-refractivity contribution in [3.63, 3.8) is 0 Å². The molecule has 0 rings (SSSR count). The molecule has 1 N–H and O–H groups in total. The molecule has 0 unspecified atom stereocenters. The number of nitrogens with zero attached hydrogens (tertiary/aromatic N) is 1. The molecule has 0 radical (unpaired) electrons. The maximum Gasteiger partial charge on any atom is 0.401 e. The van der Waals surface area contributed by atoms with Crippen molar-refractivity contribution in [1.82, 2.24) is 4.90 Å². The highest BCUT2D eigenvalue weighted by Crippen LogP contribution is 2.22. The van der Waals surface area contributed by atoms with Gasteiger partial charge in [0.25, 0.3) is 0 Å². The van der Waals surface area contributed by atoms with Gasteiger partial charge in [-0.15, -0.1) is 0 Å². The van der Waals surface area contributed by atoms with Crippen LogP contribution in [0.1, 0.15) is 27.7 Å². The van der Waals surface area contributed by atoms with E-state index in [4.69, 9.17) is 5.11 Å². The van der Waals surface area contributed by atoms with Crippen LogP contribution < -0.4 is 0 Å². The zero-order valence-electron chi connectivity index (χ0n) is 9.73. The molecule has 0 saturated heterocycles. The van der Waals surface area contributed by atoms with Gasteiger partial charge in [0.1, 0.15) is 0 Å². The highest BCUT2D eigenvalue weighted by Gasteiger charge is 2.34. The fourth-order valence-electron chi connectivity index (χ4n) is 1.25. The third kappa shape index (κ3) is 6.73. The number of alkyl halides is 3. The van der Waals surface area contributed by atoms with Crippen molar-refractivity contribution in [3.05, 3.63) is 0 Å². The molecule has 0 saturated carbocycles. The van der Waals surface area contributed by atoms with Crippen LogP contribution in [0.2, 0.25) is 0 Å². The molecule has 0 aliphatic rings. The molecule has 0 atom stereocenters. The van der Waals surface area contributed by atoms with E-state index in [9.17, 15) is 13.2 Å². The molecule has 0 aliphatic heterocycles. The van der Waals surface area contributed by atoms with Crippen LogP contribution in [0.15, 0.2) is 0 Å². The third-order valence-electron chi connectivity index (χ3n) is 2.17. The van der Waals surface area contributed by atoms with Gasteiger partial charge in [0.05, 0.1) is 6.54 Å². The third-order valence-corrected chi connectivity index (χ3v) is 2.17. The van der Waals surface area contributed by atoms with Gasteiger partial charge in [-0.3, -0.25) is 4.90 Å². The minimum absolute atomic E-state index is 0.117. The Labute approximate surface area is 89.1 Å². The van der Waals surface area contributed by atoms with E-state index in [1.54, 1.807) is 27.7 Å². The highest BCUT2D eigenvalue weighted by atomic mass is 19.4. The molecule has 15 heavy (non-hydrogen) atoms. The monoisotopic (exact) mass is 227 g/mol. The van der Waals surface area contributed by atoms with Crippen molar-refractivity contribution in [3.8, 4) is 0 Å². The normalized spacial score (nSPS) is 14.0. The Morgan fingerprint density at radius 2 is 1.60 bits per heavy atom. The average molecular weight is 227 g/mol. The number of hydrogen-bond acceptors (Lipinski definition) is 2. The van der Waals surface area contributed by atoms with Crippen molar-refractivity contribution in [2.24, 2.45) is 5.41 Å². The fourth-order valence-corrected chi connectivity index (χ4v) is 1.25. The lowest BCUT2D eigenvalue weighted by Crippen LogP contribution is -2.45. The van der Waals surface area contributed by atoms with E-state index in [1.807, 2.05) is 0 Å². The highest BCUT2D eigenvalue weighted by molar-refractivity contribution is 4.76. The molecule has 5 heteroatoms. The quantitative estimate of drug-likeness (QED) is 0.779. The molecule has 0 spiro atoms. The number of halogens is 3. The van der Waals surface area contributed by atoms with Gasteiger partial charge >= 0.3 is 6.18 Å². The maximum atomic E-state index is 12.2. The van der Waals surface area contributed by atoms with E-state index in [2.05, 4.69) is 0 Å². The number of hydrogen-bond donors (Lipinski definition) is 1. The minimum Gasteiger partial charge on any atom is -0.396 e. The average Bonchev–Trinajstić information content (AvgIpc) is 2.00. The van der Waals surface area contributed by atoms with Gasteiger partial charge in [-0.2, -0.15) is 13.2 Å². The Bertz CT molecular complexity index is 190. The second-order valence-electron chi connectivity index (χ2n) is 4.94. The van der Waals surface area contributed by atoms with Crippen LogP contribution in [0.4, 0.5) is 13.2 Å². The van der Waals surface area contributed by atoms with Crippen molar-refractivity contribution in [1.29, 1.82) is 0 Å². The fraction of sp³-hybridized carbons (Fsp3) is 1.00. The molecule has 0 heterocycles. The Hall–Kier alpha value is -0.290. The molecule has 2 nitrogen and oxygen atoms in total. The second-order valence-corrected chi connectivity index (χ2v) is 4.94. The molecule has 0 fully saturated rings. The summed E-state index contributed by atoms with van der Waals surface area (Å²) in [6.45, 7) is 6.14. The minimum atomic E-state index is -4.18. The smallest absolute Gasteiger partial charge is 0.396 e. The molecule has 0 aliphatic carbocycles. The molecule has 92 valence electrons. The topological polar surface area (TPSA) is 23.5 Å². The van der Waals surface area contributed by atoms with Gasteiger partial charge in [0.2, 0.25) is 0 Å². The SMILES string of the molecule is CC(C)N(CC(F)(F)F)CC(C)(C)CO. The van der Waals surface area contributed by atoms with Crippen LogP contribution in [0, 0.1) is 5.41 Å². The van der Waals surface area contributed by atoms with Crippen molar-refractivity contribution >= 4 is 0 Å². The lowest BCUT2D eigenvalue weighted by atomic mass is 9.93. The van der Waals surface area contributed by atoms with Gasteiger partial charge in [0, 0.05) is 24.6 Å². The van der Waals surface area contributed by atoms with Crippen molar-refractivity contribution < 1.29 is 18.3 Å². The van der Waals surface area contributed by atoms with E-state index >= 15 is 0 Å². The lowest BCUT2D eigenvalue weighted by molar-refractivity contribution is -0.153. The first kappa shape index (κ1) is 14.7. The summed E-state index contributed by atoms with van der Waals surface area (Å²) in [5, 5.41) is 9.02. The van der Waals surface area contributed by atoms with E-state index in [-0.39, 0.29) is 19.2 Å². The summed E-state index contributed by atoms with van der Waals surface area (Å²) in [6.07, 6.45) is -4.18. The molecule has 0 aromatic rings. The predicted molar refractivity (Wildman–Crippen MR) is 53.6 cm³/mol. The van der Waals surface area contributed by atoms with E-state index in [0.29, 0.717) is 0 Å². The van der Waals surface area contributed by atoms with Crippen molar-refractivity contribution in [2.45, 2.75) is 39.9 Å². The van der Waals surface area contributed by atoms with Gasteiger partial charge < -0.3 is 5.11 Å². The molecule has 0 amide bonds. The van der Waals surface area contributed by atoms with Gasteiger partial charge in [-0.25, -0.2) is 0 Å². The summed E-state index contributed by atoms with van der Waals surface area (Å²) in [6, 6.07) is -0.183.